The first-order valence-electron chi connectivity index (χ1n) is 5.59. The van der Waals surface area contributed by atoms with Gasteiger partial charge in [-0.15, -0.1) is 0 Å². The molecule has 1 aliphatic carbocycles. The van der Waals surface area contributed by atoms with E-state index in [9.17, 15) is 0 Å². The Bertz CT molecular complexity index is 349. The predicted octanol–water partition coefficient (Wildman–Crippen LogP) is 2.06. The van der Waals surface area contributed by atoms with E-state index >= 15 is 0 Å². The lowest BCUT2D eigenvalue weighted by Gasteiger charge is -2.19. The summed E-state index contributed by atoms with van der Waals surface area (Å²) in [7, 11) is 0. The van der Waals surface area contributed by atoms with Crippen molar-refractivity contribution < 1.29 is 0 Å². The maximum Gasteiger partial charge on any atom is 0.222 e. The van der Waals surface area contributed by atoms with Crippen molar-refractivity contribution in [3.63, 3.8) is 0 Å². The van der Waals surface area contributed by atoms with Crippen LogP contribution in [0.2, 0.25) is 0 Å². The van der Waals surface area contributed by atoms with E-state index in [-0.39, 0.29) is 0 Å². The highest BCUT2D eigenvalue weighted by Gasteiger charge is 2.26. The Morgan fingerprint density at radius 1 is 1.44 bits per heavy atom. The van der Waals surface area contributed by atoms with Crippen LogP contribution in [-0.2, 0) is 0 Å². The van der Waals surface area contributed by atoms with Gasteiger partial charge in [0.2, 0.25) is 5.95 Å². The van der Waals surface area contributed by atoms with Crippen molar-refractivity contribution in [2.75, 3.05) is 17.3 Å². The number of thioether (sulfide) groups is 1. The van der Waals surface area contributed by atoms with Crippen molar-refractivity contribution >= 4 is 23.5 Å². The fourth-order valence-corrected chi connectivity index (χ4v) is 3.16. The molecule has 0 bridgehead atoms. The minimum Gasteiger partial charge on any atom is -0.368 e. The van der Waals surface area contributed by atoms with Crippen LogP contribution in [0.15, 0.2) is 6.07 Å². The van der Waals surface area contributed by atoms with Crippen LogP contribution in [0.1, 0.15) is 25.0 Å². The molecule has 5 heteroatoms. The second kappa shape index (κ2) is 4.91. The van der Waals surface area contributed by atoms with Crippen molar-refractivity contribution in [3.8, 4) is 0 Å². The smallest absolute Gasteiger partial charge is 0.222 e. The van der Waals surface area contributed by atoms with Gasteiger partial charge >= 0.3 is 0 Å². The fraction of sp³-hybridized carbons (Fsp3) is 0.636. The van der Waals surface area contributed by atoms with E-state index in [1.807, 2.05) is 24.8 Å². The van der Waals surface area contributed by atoms with Gasteiger partial charge in [-0.25, -0.2) is 4.98 Å². The van der Waals surface area contributed by atoms with Gasteiger partial charge in [0, 0.05) is 23.1 Å². The summed E-state index contributed by atoms with van der Waals surface area (Å²) in [5, 5.41) is 4.16. The highest BCUT2D eigenvalue weighted by Crippen LogP contribution is 2.30. The number of nitrogens with one attached hydrogen (secondary N) is 1. The summed E-state index contributed by atoms with van der Waals surface area (Å²) in [6.07, 6.45) is 5.97. The van der Waals surface area contributed by atoms with Gasteiger partial charge in [0.15, 0.2) is 0 Å². The molecular formula is C11H18N4S. The van der Waals surface area contributed by atoms with E-state index in [1.165, 1.54) is 19.3 Å². The Morgan fingerprint density at radius 2 is 2.25 bits per heavy atom. The van der Waals surface area contributed by atoms with Gasteiger partial charge in [0.05, 0.1) is 0 Å². The van der Waals surface area contributed by atoms with Crippen molar-refractivity contribution in [2.45, 2.75) is 37.5 Å². The van der Waals surface area contributed by atoms with Gasteiger partial charge in [0.1, 0.15) is 5.82 Å². The van der Waals surface area contributed by atoms with E-state index in [2.05, 4.69) is 21.5 Å². The SMILES string of the molecule is CSC1CCCC1Nc1cc(C)nc(N)n1. The van der Waals surface area contributed by atoms with Crippen LogP contribution in [0.25, 0.3) is 0 Å². The first-order chi connectivity index (χ1) is 7.69. The molecule has 4 nitrogen and oxygen atoms in total. The van der Waals surface area contributed by atoms with Gasteiger partial charge in [-0.05, 0) is 26.0 Å². The molecule has 2 rings (SSSR count). The molecule has 0 spiro atoms. The lowest BCUT2D eigenvalue weighted by Crippen LogP contribution is -2.26. The van der Waals surface area contributed by atoms with Crippen LogP contribution in [-0.4, -0.2) is 27.5 Å². The van der Waals surface area contributed by atoms with E-state index in [4.69, 9.17) is 5.73 Å². The highest BCUT2D eigenvalue weighted by atomic mass is 32.2. The van der Waals surface area contributed by atoms with Crippen LogP contribution < -0.4 is 11.1 Å². The zero-order valence-corrected chi connectivity index (χ0v) is 10.5. The predicted molar refractivity (Wildman–Crippen MR) is 69.7 cm³/mol. The number of nitrogens with two attached hydrogens (primary N) is 1. The molecular weight excluding hydrogens is 220 g/mol. The molecule has 0 aromatic carbocycles. The number of nitrogen functional groups attached to an aromatic ring is 1. The third-order valence-electron chi connectivity index (χ3n) is 2.96. The first-order valence-corrected chi connectivity index (χ1v) is 6.88. The number of nitrogens with zero attached hydrogens (tertiary/aromatic N) is 2. The van der Waals surface area contributed by atoms with Crippen LogP contribution >= 0.6 is 11.8 Å². The van der Waals surface area contributed by atoms with Crippen molar-refractivity contribution in [2.24, 2.45) is 0 Å². The average molecular weight is 238 g/mol. The second-order valence-corrected chi connectivity index (χ2v) is 5.29. The summed E-state index contributed by atoms with van der Waals surface area (Å²) >= 11 is 1.93. The van der Waals surface area contributed by atoms with Gasteiger partial charge in [-0.1, -0.05) is 6.42 Å². The molecule has 16 heavy (non-hydrogen) atoms. The Labute approximate surface area is 100 Å². The van der Waals surface area contributed by atoms with E-state index in [0.717, 1.165) is 11.5 Å². The molecule has 88 valence electrons. The van der Waals surface area contributed by atoms with Crippen LogP contribution in [0.3, 0.4) is 0 Å². The van der Waals surface area contributed by atoms with Crippen molar-refractivity contribution in [1.29, 1.82) is 0 Å². The van der Waals surface area contributed by atoms with E-state index in [0.29, 0.717) is 17.2 Å². The average Bonchev–Trinajstić information content (AvgIpc) is 2.63. The Morgan fingerprint density at radius 3 is 2.94 bits per heavy atom. The maximum absolute atomic E-state index is 5.63. The third kappa shape index (κ3) is 2.58. The van der Waals surface area contributed by atoms with Gasteiger partial charge in [-0.3, -0.25) is 0 Å². The van der Waals surface area contributed by atoms with E-state index in [1.54, 1.807) is 0 Å². The number of hydrogen-bond acceptors (Lipinski definition) is 5. The summed E-state index contributed by atoms with van der Waals surface area (Å²) in [5.74, 6) is 1.21. The minimum absolute atomic E-state index is 0.348. The lowest BCUT2D eigenvalue weighted by atomic mass is 10.2. The molecule has 0 amide bonds. The summed E-state index contributed by atoms with van der Waals surface area (Å²) in [4.78, 5) is 8.28. The van der Waals surface area contributed by atoms with Crippen LogP contribution in [0, 0.1) is 6.92 Å². The summed E-state index contributed by atoms with van der Waals surface area (Å²) < 4.78 is 0. The molecule has 1 heterocycles. The van der Waals surface area contributed by atoms with Crippen molar-refractivity contribution in [3.05, 3.63) is 11.8 Å². The molecule has 0 saturated heterocycles. The number of aryl methyl sites for hydroxylation is 1. The summed E-state index contributed by atoms with van der Waals surface area (Å²) in [5.41, 5.74) is 6.54. The molecule has 2 unspecified atom stereocenters. The molecule has 3 N–H and O–H groups in total. The second-order valence-electron chi connectivity index (χ2n) is 4.21. The molecule has 0 aliphatic heterocycles. The van der Waals surface area contributed by atoms with Gasteiger partial charge in [0.25, 0.3) is 0 Å². The monoisotopic (exact) mass is 238 g/mol. The molecule has 1 aliphatic rings. The quantitative estimate of drug-likeness (QED) is 0.844. The zero-order valence-electron chi connectivity index (χ0n) is 9.73. The number of anilines is 2. The van der Waals surface area contributed by atoms with Crippen LogP contribution in [0.4, 0.5) is 11.8 Å². The standard InChI is InChI=1S/C11H18N4S/c1-7-6-10(15-11(12)13-7)14-8-4-3-5-9(8)16-2/h6,8-9H,3-5H2,1-2H3,(H3,12,13,14,15). The number of hydrogen-bond donors (Lipinski definition) is 2. The topological polar surface area (TPSA) is 63.8 Å². The molecule has 0 radical (unpaired) electrons. The Hall–Kier alpha value is -0.970. The normalized spacial score (nSPS) is 24.6. The Balaban J connectivity index is 2.08. The maximum atomic E-state index is 5.63. The molecule has 1 aromatic heterocycles. The Kier molecular flexibility index (Phi) is 3.53. The summed E-state index contributed by atoms with van der Waals surface area (Å²) in [6.45, 7) is 1.93. The highest BCUT2D eigenvalue weighted by molar-refractivity contribution is 7.99. The molecule has 1 fully saturated rings. The number of aromatic nitrogens is 2. The summed E-state index contributed by atoms with van der Waals surface area (Å²) in [6, 6.07) is 2.47. The molecule has 2 atom stereocenters. The third-order valence-corrected chi connectivity index (χ3v) is 4.13. The van der Waals surface area contributed by atoms with Gasteiger partial charge in [-0.2, -0.15) is 16.7 Å². The van der Waals surface area contributed by atoms with E-state index < -0.39 is 0 Å². The minimum atomic E-state index is 0.348. The van der Waals surface area contributed by atoms with Gasteiger partial charge < -0.3 is 11.1 Å². The first kappa shape index (κ1) is 11.5. The largest absolute Gasteiger partial charge is 0.368 e. The van der Waals surface area contributed by atoms with Crippen LogP contribution in [0.5, 0.6) is 0 Å². The van der Waals surface area contributed by atoms with Crippen molar-refractivity contribution in [1.82, 2.24) is 9.97 Å². The fourth-order valence-electron chi connectivity index (χ4n) is 2.23. The number of rotatable bonds is 3. The molecule has 1 aromatic rings. The molecule has 1 saturated carbocycles. The lowest BCUT2D eigenvalue weighted by molar-refractivity contribution is 0.762. The zero-order chi connectivity index (χ0) is 11.5.